The standard InChI is InChI=1S/C8H4F12O3/c9-3(23,1-2(21)22)4(10,11)5(12,13)6(14,15)7(16,17)8(18,19)20/h23H,1H2,(H,21,22). The van der Waals surface area contributed by atoms with Gasteiger partial charge in [-0.15, -0.1) is 0 Å². The number of hydrogen-bond donors (Lipinski definition) is 2. The van der Waals surface area contributed by atoms with Crippen LogP contribution in [0.4, 0.5) is 52.7 Å². The molecule has 2 N–H and O–H groups in total. The molecule has 1 unspecified atom stereocenters. The van der Waals surface area contributed by atoms with Crippen LogP contribution in [-0.2, 0) is 4.79 Å². The number of aliphatic hydroxyl groups is 1. The Morgan fingerprint density at radius 3 is 1.22 bits per heavy atom. The molecule has 0 saturated carbocycles. The van der Waals surface area contributed by atoms with E-state index in [-0.39, 0.29) is 0 Å². The van der Waals surface area contributed by atoms with E-state index in [1.807, 2.05) is 0 Å². The maximum Gasteiger partial charge on any atom is 0.460 e. The molecule has 0 saturated heterocycles. The summed E-state index contributed by atoms with van der Waals surface area (Å²) in [7, 11) is 0. The van der Waals surface area contributed by atoms with E-state index in [0.29, 0.717) is 0 Å². The maximum atomic E-state index is 12.9. The maximum absolute atomic E-state index is 12.9. The second kappa shape index (κ2) is 5.31. The van der Waals surface area contributed by atoms with Gasteiger partial charge in [-0.25, -0.2) is 4.39 Å². The average Bonchev–Trinajstić information content (AvgIpc) is 2.24. The van der Waals surface area contributed by atoms with E-state index in [1.54, 1.807) is 0 Å². The van der Waals surface area contributed by atoms with Crippen molar-refractivity contribution in [2.45, 2.75) is 42.1 Å². The fourth-order valence-electron chi connectivity index (χ4n) is 1.12. The van der Waals surface area contributed by atoms with Crippen molar-refractivity contribution in [3.05, 3.63) is 0 Å². The predicted octanol–water partition coefficient (Wildman–Crippen LogP) is 3.22. The van der Waals surface area contributed by atoms with Gasteiger partial charge in [0, 0.05) is 0 Å². The van der Waals surface area contributed by atoms with E-state index in [2.05, 4.69) is 0 Å². The zero-order valence-corrected chi connectivity index (χ0v) is 10.0. The third-order valence-corrected chi connectivity index (χ3v) is 2.41. The summed E-state index contributed by atoms with van der Waals surface area (Å²) in [5, 5.41) is 16.1. The van der Waals surface area contributed by atoms with Crippen LogP contribution in [0.1, 0.15) is 6.42 Å². The van der Waals surface area contributed by atoms with E-state index in [9.17, 15) is 57.5 Å². The highest BCUT2D eigenvalue weighted by atomic mass is 19.4. The molecule has 0 aliphatic heterocycles. The number of carboxylic acid groups (broad SMARTS) is 1. The molecule has 0 bridgehead atoms. The highest BCUT2D eigenvalue weighted by Crippen LogP contribution is 2.59. The van der Waals surface area contributed by atoms with E-state index in [4.69, 9.17) is 10.2 Å². The first-order valence-electron chi connectivity index (χ1n) is 4.88. The molecule has 0 radical (unpaired) electrons. The van der Waals surface area contributed by atoms with Gasteiger partial charge in [-0.2, -0.15) is 48.3 Å². The van der Waals surface area contributed by atoms with E-state index >= 15 is 0 Å². The SMILES string of the molecule is O=C(O)CC(O)(F)C(F)(F)C(F)(F)C(F)(F)C(F)(F)C(F)(F)F. The third kappa shape index (κ3) is 3.01. The van der Waals surface area contributed by atoms with Crippen molar-refractivity contribution < 1.29 is 67.7 Å². The summed E-state index contributed by atoms with van der Waals surface area (Å²) in [6.07, 6.45) is -10.5. The fraction of sp³-hybridized carbons (Fsp3) is 0.875. The number of hydrogen-bond acceptors (Lipinski definition) is 2. The molecule has 0 aliphatic carbocycles. The summed E-state index contributed by atoms with van der Waals surface area (Å²) in [5.74, 6) is -39.7. The van der Waals surface area contributed by atoms with Crippen molar-refractivity contribution >= 4 is 5.97 Å². The molecule has 3 nitrogen and oxygen atoms in total. The smallest absolute Gasteiger partial charge is 0.460 e. The molecule has 138 valence electrons. The molecule has 0 heterocycles. The molecule has 0 aromatic carbocycles. The van der Waals surface area contributed by atoms with Gasteiger partial charge in [0.2, 0.25) is 0 Å². The fourth-order valence-corrected chi connectivity index (χ4v) is 1.12. The van der Waals surface area contributed by atoms with Crippen molar-refractivity contribution in [2.75, 3.05) is 0 Å². The summed E-state index contributed by atoms with van der Waals surface area (Å²) in [6.45, 7) is 0. The second-order valence-electron chi connectivity index (χ2n) is 4.13. The van der Waals surface area contributed by atoms with Crippen LogP contribution in [0.15, 0.2) is 0 Å². The van der Waals surface area contributed by atoms with Crippen molar-refractivity contribution in [2.24, 2.45) is 0 Å². The van der Waals surface area contributed by atoms with Crippen LogP contribution in [0.3, 0.4) is 0 Å². The van der Waals surface area contributed by atoms with Crippen LogP contribution in [0.2, 0.25) is 0 Å². The molecule has 0 spiro atoms. The summed E-state index contributed by atoms with van der Waals surface area (Å²) >= 11 is 0. The summed E-state index contributed by atoms with van der Waals surface area (Å²) in [5.41, 5.74) is 0. The Hall–Kier alpha value is -1.41. The number of halogens is 12. The Morgan fingerprint density at radius 2 is 0.957 bits per heavy atom. The lowest BCUT2D eigenvalue weighted by Gasteiger charge is -2.40. The molecule has 0 amide bonds. The van der Waals surface area contributed by atoms with E-state index in [1.165, 1.54) is 0 Å². The molecule has 15 heteroatoms. The largest absolute Gasteiger partial charge is 0.481 e. The first-order valence-corrected chi connectivity index (χ1v) is 4.88. The molecule has 1 atom stereocenters. The van der Waals surface area contributed by atoms with E-state index in [0.717, 1.165) is 0 Å². The van der Waals surface area contributed by atoms with Crippen molar-refractivity contribution in [3.63, 3.8) is 0 Å². The number of rotatable bonds is 6. The van der Waals surface area contributed by atoms with Gasteiger partial charge in [-0.1, -0.05) is 0 Å². The normalized spacial score (nSPS) is 17.8. The summed E-state index contributed by atoms with van der Waals surface area (Å²) in [6, 6.07) is 0. The Morgan fingerprint density at radius 1 is 0.652 bits per heavy atom. The Bertz CT molecular complexity index is 465. The number of alkyl halides is 12. The Labute approximate surface area is 117 Å². The van der Waals surface area contributed by atoms with E-state index < -0.39 is 48.1 Å². The minimum absolute atomic E-state index is 2.81. The first kappa shape index (κ1) is 21.6. The number of carboxylic acids is 1. The van der Waals surface area contributed by atoms with Crippen molar-refractivity contribution in [3.8, 4) is 0 Å². The van der Waals surface area contributed by atoms with Crippen molar-refractivity contribution in [1.29, 1.82) is 0 Å². The monoisotopic (exact) mass is 376 g/mol. The van der Waals surface area contributed by atoms with Gasteiger partial charge >= 0.3 is 35.8 Å². The Balaban J connectivity index is 6.19. The van der Waals surface area contributed by atoms with Crippen LogP contribution >= 0.6 is 0 Å². The molecule has 0 aromatic heterocycles. The van der Waals surface area contributed by atoms with Crippen molar-refractivity contribution in [1.82, 2.24) is 0 Å². The van der Waals surface area contributed by atoms with Gasteiger partial charge in [0.1, 0.15) is 6.42 Å². The zero-order chi connectivity index (χ0) is 19.3. The molecule has 0 aromatic rings. The predicted molar refractivity (Wildman–Crippen MR) is 44.2 cm³/mol. The zero-order valence-electron chi connectivity index (χ0n) is 10.0. The van der Waals surface area contributed by atoms with Gasteiger partial charge in [0.05, 0.1) is 0 Å². The van der Waals surface area contributed by atoms with Crippen LogP contribution in [0.5, 0.6) is 0 Å². The summed E-state index contributed by atoms with van der Waals surface area (Å²) in [4.78, 5) is 9.90. The lowest BCUT2D eigenvalue weighted by molar-refractivity contribution is -0.445. The lowest BCUT2D eigenvalue weighted by atomic mass is 9.92. The minimum Gasteiger partial charge on any atom is -0.481 e. The quantitative estimate of drug-likeness (QED) is 0.700. The van der Waals surface area contributed by atoms with Crippen LogP contribution in [-0.4, -0.2) is 51.9 Å². The average molecular weight is 376 g/mol. The van der Waals surface area contributed by atoms with Gasteiger partial charge in [0.25, 0.3) is 5.85 Å². The highest BCUT2D eigenvalue weighted by Gasteiger charge is 2.90. The molecular weight excluding hydrogens is 372 g/mol. The van der Waals surface area contributed by atoms with Gasteiger partial charge < -0.3 is 10.2 Å². The molecule has 0 aliphatic rings. The van der Waals surface area contributed by atoms with Crippen LogP contribution in [0.25, 0.3) is 0 Å². The van der Waals surface area contributed by atoms with Crippen LogP contribution < -0.4 is 0 Å². The minimum atomic E-state index is -7.93. The van der Waals surface area contributed by atoms with Gasteiger partial charge in [0.15, 0.2) is 0 Å². The summed E-state index contributed by atoms with van der Waals surface area (Å²) < 4.78 is 150. The molecule has 0 rings (SSSR count). The first-order chi connectivity index (χ1) is 9.67. The molecule has 0 fully saturated rings. The topological polar surface area (TPSA) is 57.5 Å². The van der Waals surface area contributed by atoms with Gasteiger partial charge in [-0.3, -0.25) is 4.79 Å². The Kier molecular flexibility index (Phi) is 4.98. The lowest BCUT2D eigenvalue weighted by Crippen LogP contribution is -2.71. The number of carbonyl (C=O) groups is 1. The molecular formula is C8H4F12O3. The third-order valence-electron chi connectivity index (χ3n) is 2.41. The highest BCUT2D eigenvalue weighted by molar-refractivity contribution is 5.68. The second-order valence-corrected chi connectivity index (χ2v) is 4.13. The number of aliphatic carboxylic acids is 1. The van der Waals surface area contributed by atoms with Crippen LogP contribution in [0, 0.1) is 0 Å². The molecule has 23 heavy (non-hydrogen) atoms. The van der Waals surface area contributed by atoms with Gasteiger partial charge in [-0.05, 0) is 0 Å².